The highest BCUT2D eigenvalue weighted by molar-refractivity contribution is 5.69. The van der Waals surface area contributed by atoms with E-state index < -0.39 is 46.8 Å². The van der Waals surface area contributed by atoms with Gasteiger partial charge in [-0.25, -0.2) is 19.2 Å². The summed E-state index contributed by atoms with van der Waals surface area (Å²) in [7, 11) is 0. The number of nitrogens with zero attached hydrogens (tertiary/aromatic N) is 4. The molecule has 20 nitrogen and oxygen atoms in total. The molecule has 4 fully saturated rings. The first-order valence-corrected chi connectivity index (χ1v) is 24.4. The van der Waals surface area contributed by atoms with Gasteiger partial charge in [0.2, 0.25) is 0 Å². The lowest BCUT2D eigenvalue weighted by Gasteiger charge is -2.35. The summed E-state index contributed by atoms with van der Waals surface area (Å²) in [5, 5.41) is 38.8. The van der Waals surface area contributed by atoms with E-state index in [0.717, 1.165) is 0 Å². The van der Waals surface area contributed by atoms with E-state index in [2.05, 4.69) is 0 Å². The molecule has 0 unspecified atom stereocenters. The Morgan fingerprint density at radius 3 is 0.691 bits per heavy atom. The Balaban J connectivity index is 0.000000453. The van der Waals surface area contributed by atoms with Crippen LogP contribution in [-0.2, 0) is 37.9 Å². The van der Waals surface area contributed by atoms with Gasteiger partial charge in [0.25, 0.3) is 0 Å². The molecule has 0 aromatic rings. The quantitative estimate of drug-likeness (QED) is 0.218. The van der Waals surface area contributed by atoms with Gasteiger partial charge in [0.15, 0.2) is 0 Å². The van der Waals surface area contributed by atoms with Crippen LogP contribution in [0.4, 0.5) is 19.2 Å². The number of hydrogen-bond acceptors (Lipinski definition) is 16. The van der Waals surface area contributed by atoms with E-state index >= 15 is 0 Å². The van der Waals surface area contributed by atoms with E-state index in [4.69, 9.17) is 37.9 Å². The SMILES string of the molecule is CC[C@@H](O)[C@@H]1CN(C(=O)OC(C)(C)C)CCO1.CC[C@@H](O)[C@H]1CN(C(=O)OC(C)(C)C)CCO1.CC[C@H](O)[C@@H]1CN(C(=O)OC(C)(C)C)CCO1.CC[C@H](O)[C@H]1CN(C(=O)OC(C)(C)C)CCO1. The zero-order chi connectivity index (χ0) is 52.2. The monoisotopic (exact) mass is 981 g/mol. The Hall–Kier alpha value is -3.24. The second kappa shape index (κ2) is 29.2. The second-order valence-corrected chi connectivity index (χ2v) is 21.2. The highest BCUT2D eigenvalue weighted by atomic mass is 16.6. The molecule has 4 N–H and O–H groups in total. The Labute approximate surface area is 407 Å². The highest BCUT2D eigenvalue weighted by Crippen LogP contribution is 2.20. The van der Waals surface area contributed by atoms with E-state index in [9.17, 15) is 39.6 Å². The zero-order valence-corrected chi connectivity index (χ0v) is 44.4. The van der Waals surface area contributed by atoms with Crippen LogP contribution in [0.15, 0.2) is 0 Å². The lowest BCUT2D eigenvalue weighted by Crippen LogP contribution is -2.50. The van der Waals surface area contributed by atoms with Gasteiger partial charge >= 0.3 is 24.4 Å². The van der Waals surface area contributed by atoms with Crippen LogP contribution in [0.5, 0.6) is 0 Å². The second-order valence-electron chi connectivity index (χ2n) is 21.2. The summed E-state index contributed by atoms with van der Waals surface area (Å²) < 4.78 is 42.9. The molecule has 0 bridgehead atoms. The average molecular weight is 981 g/mol. The number of aliphatic hydroxyl groups excluding tert-OH is 4. The van der Waals surface area contributed by atoms with Gasteiger partial charge in [0.1, 0.15) is 46.8 Å². The maximum Gasteiger partial charge on any atom is 0.410 e. The molecular weight excluding hydrogens is 889 g/mol. The van der Waals surface area contributed by atoms with Crippen LogP contribution in [0, 0.1) is 0 Å². The van der Waals surface area contributed by atoms with E-state index in [1.807, 2.05) is 111 Å². The fourth-order valence-electron chi connectivity index (χ4n) is 6.65. The number of rotatable bonds is 8. The predicted octanol–water partition coefficient (Wildman–Crippen LogP) is 5.57. The number of hydrogen-bond donors (Lipinski definition) is 4. The number of amides is 4. The lowest BCUT2D eigenvalue weighted by atomic mass is 10.1. The number of carbonyl (C=O) groups is 4. The molecule has 0 spiro atoms. The number of carbonyl (C=O) groups excluding carboxylic acids is 4. The van der Waals surface area contributed by atoms with Crippen molar-refractivity contribution in [1.29, 1.82) is 0 Å². The standard InChI is InChI=1S/4C12H23NO4/c4*1-5-9(14)10-8-13(6-7-16-10)11(15)17-12(2,3)4/h4*9-10,14H,5-8H2,1-4H3/t2*9-,10+;2*9-,10-/m1010/s1. The van der Waals surface area contributed by atoms with Gasteiger partial charge in [-0.15, -0.1) is 0 Å². The molecule has 4 heterocycles. The van der Waals surface area contributed by atoms with Crippen molar-refractivity contribution in [2.24, 2.45) is 0 Å². The predicted molar refractivity (Wildman–Crippen MR) is 255 cm³/mol. The molecule has 4 aliphatic heterocycles. The Bertz CT molecular complexity index is 1260. The first-order chi connectivity index (χ1) is 31.3. The van der Waals surface area contributed by atoms with Crippen LogP contribution >= 0.6 is 0 Å². The molecule has 4 aliphatic rings. The van der Waals surface area contributed by atoms with E-state index in [1.165, 1.54) is 0 Å². The first-order valence-electron chi connectivity index (χ1n) is 24.4. The summed E-state index contributed by atoms with van der Waals surface area (Å²) in [5.74, 6) is 0. The van der Waals surface area contributed by atoms with Crippen molar-refractivity contribution in [2.45, 2.75) is 208 Å². The Kier molecular flexibility index (Phi) is 26.9. The highest BCUT2D eigenvalue weighted by Gasteiger charge is 2.35. The third kappa shape index (κ3) is 25.6. The van der Waals surface area contributed by atoms with Crippen molar-refractivity contribution in [1.82, 2.24) is 19.6 Å². The molecule has 0 radical (unpaired) electrons. The van der Waals surface area contributed by atoms with Gasteiger partial charge in [-0.2, -0.15) is 0 Å². The summed E-state index contributed by atoms with van der Waals surface area (Å²) in [5.41, 5.74) is -1.97. The topological polar surface area (TPSA) is 236 Å². The third-order valence-corrected chi connectivity index (χ3v) is 10.4. The summed E-state index contributed by atoms with van der Waals surface area (Å²) in [6, 6.07) is 0. The van der Waals surface area contributed by atoms with Gasteiger partial charge < -0.3 is 77.9 Å². The molecule has 0 saturated carbocycles. The minimum Gasteiger partial charge on any atom is -0.444 e. The van der Waals surface area contributed by atoms with Gasteiger partial charge in [0, 0.05) is 26.2 Å². The molecule has 400 valence electrons. The fraction of sp³-hybridized carbons (Fsp3) is 0.917. The Morgan fingerprint density at radius 2 is 0.559 bits per heavy atom. The van der Waals surface area contributed by atoms with Crippen LogP contribution in [-0.4, -0.2) is 214 Å². The molecule has 68 heavy (non-hydrogen) atoms. The molecule has 0 aromatic heterocycles. The maximum absolute atomic E-state index is 11.8. The normalized spacial score (nSPS) is 23.4. The van der Waals surface area contributed by atoms with Crippen molar-refractivity contribution in [2.75, 3.05) is 78.8 Å². The van der Waals surface area contributed by atoms with Gasteiger partial charge in [-0.3, -0.25) is 0 Å². The summed E-state index contributed by atoms with van der Waals surface area (Å²) in [4.78, 5) is 53.7. The largest absolute Gasteiger partial charge is 0.444 e. The summed E-state index contributed by atoms with van der Waals surface area (Å²) in [6.45, 7) is 35.0. The van der Waals surface area contributed by atoms with Crippen molar-refractivity contribution in [3.8, 4) is 0 Å². The third-order valence-electron chi connectivity index (χ3n) is 10.4. The number of aliphatic hydroxyl groups is 4. The Morgan fingerprint density at radius 1 is 0.397 bits per heavy atom. The van der Waals surface area contributed by atoms with Crippen LogP contribution in [0.3, 0.4) is 0 Å². The molecular formula is C48H92N4O16. The zero-order valence-electron chi connectivity index (χ0n) is 44.4. The molecule has 4 saturated heterocycles. The van der Waals surface area contributed by atoms with Crippen LogP contribution in [0.25, 0.3) is 0 Å². The average Bonchev–Trinajstić information content (AvgIpc) is 3.26. The summed E-state index contributed by atoms with van der Waals surface area (Å²) in [6.07, 6.45) is -2.21. The fourth-order valence-corrected chi connectivity index (χ4v) is 6.65. The lowest BCUT2D eigenvalue weighted by molar-refractivity contribution is -0.0900. The van der Waals surface area contributed by atoms with E-state index in [0.29, 0.717) is 104 Å². The molecule has 4 amide bonds. The first kappa shape index (κ1) is 62.8. The van der Waals surface area contributed by atoms with E-state index in [-0.39, 0.29) is 48.8 Å². The van der Waals surface area contributed by atoms with Crippen molar-refractivity contribution < 1.29 is 77.5 Å². The molecule has 0 aliphatic carbocycles. The molecule has 4 rings (SSSR count). The number of ether oxygens (including phenoxy) is 8. The van der Waals surface area contributed by atoms with Gasteiger partial charge in [-0.1, -0.05) is 27.7 Å². The van der Waals surface area contributed by atoms with Crippen molar-refractivity contribution >= 4 is 24.4 Å². The van der Waals surface area contributed by atoms with Crippen LogP contribution < -0.4 is 0 Å². The van der Waals surface area contributed by atoms with Crippen molar-refractivity contribution in [3.63, 3.8) is 0 Å². The van der Waals surface area contributed by atoms with E-state index in [1.54, 1.807) is 19.6 Å². The van der Waals surface area contributed by atoms with Crippen molar-refractivity contribution in [3.05, 3.63) is 0 Å². The van der Waals surface area contributed by atoms with Crippen LogP contribution in [0.2, 0.25) is 0 Å². The van der Waals surface area contributed by atoms with Gasteiger partial charge in [0.05, 0.1) is 77.0 Å². The smallest absolute Gasteiger partial charge is 0.410 e. The maximum atomic E-state index is 11.8. The summed E-state index contributed by atoms with van der Waals surface area (Å²) >= 11 is 0. The van der Waals surface area contributed by atoms with Crippen LogP contribution in [0.1, 0.15) is 136 Å². The molecule has 20 heteroatoms. The number of morpholine rings is 4. The van der Waals surface area contributed by atoms with Gasteiger partial charge in [-0.05, 0) is 109 Å². The molecule has 0 aromatic carbocycles. The molecule has 8 atom stereocenters. The minimum absolute atomic E-state index is 0.304. The minimum atomic E-state index is -0.528.